The Balaban J connectivity index is 1.89. The number of ether oxygens (including phenoxy) is 1. The standard InChI is InChI=1S/C16H15ClO2S/c1-19-15-6-2-4-12(9-15)8-14(18)11-20-16-7-3-5-13(17)10-16/h2-7,9-10H,8,11H2,1H3. The molecule has 0 fully saturated rings. The largest absolute Gasteiger partial charge is 0.497 e. The molecule has 4 heteroatoms. The van der Waals surface area contributed by atoms with Crippen LogP contribution in [0.4, 0.5) is 0 Å². The first-order valence-corrected chi connectivity index (χ1v) is 7.57. The molecule has 0 aliphatic carbocycles. The second kappa shape index (κ2) is 7.36. The van der Waals surface area contributed by atoms with Gasteiger partial charge in [0.15, 0.2) is 0 Å². The number of hydrogen-bond acceptors (Lipinski definition) is 3. The van der Waals surface area contributed by atoms with E-state index in [1.54, 1.807) is 7.11 Å². The third kappa shape index (κ3) is 4.58. The van der Waals surface area contributed by atoms with Gasteiger partial charge in [-0.3, -0.25) is 4.79 Å². The summed E-state index contributed by atoms with van der Waals surface area (Å²) < 4.78 is 5.15. The quantitative estimate of drug-likeness (QED) is 0.746. The predicted molar refractivity (Wildman–Crippen MR) is 83.9 cm³/mol. The maximum absolute atomic E-state index is 12.0. The van der Waals surface area contributed by atoms with Crippen LogP contribution in [0.2, 0.25) is 5.02 Å². The molecular formula is C16H15ClO2S. The van der Waals surface area contributed by atoms with Crippen molar-refractivity contribution in [1.82, 2.24) is 0 Å². The maximum atomic E-state index is 12.0. The van der Waals surface area contributed by atoms with Crippen molar-refractivity contribution in [3.8, 4) is 5.75 Å². The minimum absolute atomic E-state index is 0.184. The van der Waals surface area contributed by atoms with E-state index in [0.29, 0.717) is 17.2 Å². The first kappa shape index (κ1) is 14.9. The van der Waals surface area contributed by atoms with Crippen LogP contribution in [0, 0.1) is 0 Å². The summed E-state index contributed by atoms with van der Waals surface area (Å²) in [4.78, 5) is 13.0. The first-order chi connectivity index (χ1) is 9.67. The Kier molecular flexibility index (Phi) is 5.50. The normalized spacial score (nSPS) is 10.3. The number of thioether (sulfide) groups is 1. The summed E-state index contributed by atoms with van der Waals surface area (Å²) in [7, 11) is 1.62. The van der Waals surface area contributed by atoms with E-state index in [0.717, 1.165) is 16.2 Å². The molecule has 0 bridgehead atoms. The summed E-state index contributed by atoms with van der Waals surface area (Å²) in [5, 5.41) is 0.690. The number of methoxy groups -OCH3 is 1. The lowest BCUT2D eigenvalue weighted by Gasteiger charge is -2.04. The molecule has 2 nitrogen and oxygen atoms in total. The second-order valence-corrected chi connectivity index (χ2v) is 5.80. The number of Topliss-reactive ketones (excluding diaryl/α,β-unsaturated/α-hetero) is 1. The van der Waals surface area contributed by atoms with E-state index in [4.69, 9.17) is 16.3 Å². The third-order valence-electron chi connectivity index (χ3n) is 2.73. The fourth-order valence-electron chi connectivity index (χ4n) is 1.78. The van der Waals surface area contributed by atoms with Crippen molar-refractivity contribution in [1.29, 1.82) is 0 Å². The molecule has 2 aromatic carbocycles. The van der Waals surface area contributed by atoms with Crippen LogP contribution < -0.4 is 4.74 Å². The van der Waals surface area contributed by atoms with Crippen molar-refractivity contribution in [2.75, 3.05) is 12.9 Å². The van der Waals surface area contributed by atoms with Crippen molar-refractivity contribution in [3.05, 3.63) is 59.1 Å². The van der Waals surface area contributed by atoms with Crippen LogP contribution in [0.25, 0.3) is 0 Å². The van der Waals surface area contributed by atoms with Gasteiger partial charge in [-0.1, -0.05) is 29.8 Å². The Hall–Kier alpha value is -1.45. The molecular weight excluding hydrogens is 292 g/mol. The number of hydrogen-bond donors (Lipinski definition) is 0. The molecule has 0 aliphatic heterocycles. The molecule has 0 amide bonds. The van der Waals surface area contributed by atoms with Crippen LogP contribution in [0.15, 0.2) is 53.4 Å². The summed E-state index contributed by atoms with van der Waals surface area (Å²) >= 11 is 7.42. The first-order valence-electron chi connectivity index (χ1n) is 6.20. The van der Waals surface area contributed by atoms with Gasteiger partial charge < -0.3 is 4.74 Å². The molecule has 0 spiro atoms. The molecule has 0 aromatic heterocycles. The van der Waals surface area contributed by atoms with Crippen LogP contribution in [0.3, 0.4) is 0 Å². The van der Waals surface area contributed by atoms with E-state index in [2.05, 4.69) is 0 Å². The second-order valence-electron chi connectivity index (χ2n) is 4.31. The van der Waals surface area contributed by atoms with Crippen molar-refractivity contribution in [2.45, 2.75) is 11.3 Å². The average Bonchev–Trinajstić information content (AvgIpc) is 2.45. The highest BCUT2D eigenvalue weighted by Gasteiger charge is 2.06. The summed E-state index contributed by atoms with van der Waals surface area (Å²) in [6, 6.07) is 15.1. The Labute approximate surface area is 128 Å². The zero-order chi connectivity index (χ0) is 14.4. The van der Waals surface area contributed by atoms with E-state index < -0.39 is 0 Å². The highest BCUT2D eigenvalue weighted by molar-refractivity contribution is 8.00. The number of halogens is 1. The molecule has 0 N–H and O–H groups in total. The fraction of sp³-hybridized carbons (Fsp3) is 0.188. The van der Waals surface area contributed by atoms with Crippen LogP contribution in [0.1, 0.15) is 5.56 Å². The van der Waals surface area contributed by atoms with Crippen molar-refractivity contribution < 1.29 is 9.53 Å². The van der Waals surface area contributed by atoms with E-state index in [1.165, 1.54) is 11.8 Å². The monoisotopic (exact) mass is 306 g/mol. The Morgan fingerprint density at radius 2 is 2.00 bits per heavy atom. The Bertz CT molecular complexity index is 599. The van der Waals surface area contributed by atoms with Crippen molar-refractivity contribution in [3.63, 3.8) is 0 Å². The van der Waals surface area contributed by atoms with Gasteiger partial charge in [0.1, 0.15) is 11.5 Å². The average molecular weight is 307 g/mol. The van der Waals surface area contributed by atoms with E-state index in [9.17, 15) is 4.79 Å². The highest BCUT2D eigenvalue weighted by Crippen LogP contribution is 2.22. The fourth-order valence-corrected chi connectivity index (χ4v) is 2.85. The van der Waals surface area contributed by atoms with Crippen molar-refractivity contribution >= 4 is 29.1 Å². The van der Waals surface area contributed by atoms with Gasteiger partial charge in [0.25, 0.3) is 0 Å². The van der Waals surface area contributed by atoms with Gasteiger partial charge in [-0.2, -0.15) is 0 Å². The van der Waals surface area contributed by atoms with Crippen LogP contribution >= 0.6 is 23.4 Å². The lowest BCUT2D eigenvalue weighted by molar-refractivity contribution is -0.116. The topological polar surface area (TPSA) is 26.3 Å². The smallest absolute Gasteiger partial charge is 0.147 e. The summed E-state index contributed by atoms with van der Waals surface area (Å²) in [6.07, 6.45) is 0.421. The lowest BCUT2D eigenvalue weighted by atomic mass is 10.1. The zero-order valence-corrected chi connectivity index (χ0v) is 12.7. The summed E-state index contributed by atoms with van der Waals surface area (Å²) in [5.41, 5.74) is 0.973. The maximum Gasteiger partial charge on any atom is 0.147 e. The molecule has 2 aromatic rings. The molecule has 20 heavy (non-hydrogen) atoms. The Morgan fingerprint density at radius 1 is 1.20 bits per heavy atom. The van der Waals surface area contributed by atoms with E-state index in [-0.39, 0.29) is 5.78 Å². The molecule has 104 valence electrons. The third-order valence-corrected chi connectivity index (χ3v) is 4.02. The number of ketones is 1. The van der Waals surface area contributed by atoms with Crippen LogP contribution in [-0.2, 0) is 11.2 Å². The van der Waals surface area contributed by atoms with Crippen molar-refractivity contribution in [2.24, 2.45) is 0 Å². The minimum atomic E-state index is 0.184. The Morgan fingerprint density at radius 3 is 2.75 bits per heavy atom. The van der Waals surface area contributed by atoms with Gasteiger partial charge in [0, 0.05) is 16.3 Å². The molecule has 0 saturated carbocycles. The molecule has 0 radical (unpaired) electrons. The van der Waals surface area contributed by atoms with Gasteiger partial charge in [-0.05, 0) is 35.9 Å². The van der Waals surface area contributed by atoms with Crippen LogP contribution in [-0.4, -0.2) is 18.6 Å². The molecule has 0 saturated heterocycles. The van der Waals surface area contributed by atoms with Gasteiger partial charge in [0.2, 0.25) is 0 Å². The molecule has 0 aliphatic rings. The highest BCUT2D eigenvalue weighted by atomic mass is 35.5. The molecule has 0 unspecified atom stereocenters. The number of rotatable bonds is 6. The molecule has 0 heterocycles. The van der Waals surface area contributed by atoms with E-state index in [1.807, 2.05) is 48.5 Å². The predicted octanol–water partition coefficient (Wildman–Crippen LogP) is 4.25. The zero-order valence-electron chi connectivity index (χ0n) is 11.1. The number of benzene rings is 2. The van der Waals surface area contributed by atoms with Gasteiger partial charge in [0.05, 0.1) is 12.9 Å². The van der Waals surface area contributed by atoms with Crippen LogP contribution in [0.5, 0.6) is 5.75 Å². The summed E-state index contributed by atoms with van der Waals surface area (Å²) in [6.45, 7) is 0. The van der Waals surface area contributed by atoms with Gasteiger partial charge in [-0.15, -0.1) is 11.8 Å². The number of carbonyl (C=O) groups is 1. The SMILES string of the molecule is COc1cccc(CC(=O)CSc2cccc(Cl)c2)c1. The molecule has 2 rings (SSSR count). The number of carbonyl (C=O) groups excluding carboxylic acids is 1. The summed E-state index contributed by atoms with van der Waals surface area (Å²) in [5.74, 6) is 1.40. The lowest BCUT2D eigenvalue weighted by Crippen LogP contribution is -2.05. The van der Waals surface area contributed by atoms with E-state index >= 15 is 0 Å². The minimum Gasteiger partial charge on any atom is -0.497 e. The molecule has 0 atom stereocenters. The van der Waals surface area contributed by atoms with Gasteiger partial charge >= 0.3 is 0 Å². The van der Waals surface area contributed by atoms with Gasteiger partial charge in [-0.25, -0.2) is 0 Å².